The molecule has 1 N–H and O–H groups in total. The predicted octanol–water partition coefficient (Wildman–Crippen LogP) is 7.10. The van der Waals surface area contributed by atoms with Gasteiger partial charge in [0.05, 0.1) is 5.60 Å². The summed E-state index contributed by atoms with van der Waals surface area (Å²) in [5, 5.41) is 12.7. The van der Waals surface area contributed by atoms with E-state index in [2.05, 4.69) is 54.6 Å². The standard InChI is InChI=1S/C29H52O4Si/c1-19(33-34(8,9)26(3,4)5)23-14-17-29(31)25-11-10-21-18-22(32-20(2)30)12-15-27(21,6)24(25)13-16-28(23,29)7/h19,21-25,31H,10-18H2,1-9H3/t19-,21-,22+,23-,24+,25-,27+,28-,29+/m1/s1. The zero-order chi connectivity index (χ0) is 25.3. The predicted molar refractivity (Wildman–Crippen MR) is 140 cm³/mol. The molecular formula is C29H52O4Si. The van der Waals surface area contributed by atoms with E-state index in [0.717, 1.165) is 51.4 Å². The van der Waals surface area contributed by atoms with Crippen molar-refractivity contribution >= 4 is 14.3 Å². The van der Waals surface area contributed by atoms with Gasteiger partial charge in [-0.15, -0.1) is 0 Å². The summed E-state index contributed by atoms with van der Waals surface area (Å²) >= 11 is 0. The van der Waals surface area contributed by atoms with Crippen LogP contribution < -0.4 is 0 Å². The summed E-state index contributed by atoms with van der Waals surface area (Å²) in [6.07, 6.45) is 10.0. The second-order valence-corrected chi connectivity index (χ2v) is 19.4. The van der Waals surface area contributed by atoms with E-state index in [1.165, 1.54) is 13.3 Å². The van der Waals surface area contributed by atoms with Crippen LogP contribution >= 0.6 is 0 Å². The Morgan fingerprint density at radius 1 is 1.00 bits per heavy atom. The molecule has 0 spiro atoms. The fourth-order valence-corrected chi connectivity index (χ4v) is 10.5. The monoisotopic (exact) mass is 492 g/mol. The molecule has 0 bridgehead atoms. The summed E-state index contributed by atoms with van der Waals surface area (Å²) in [5.41, 5.74) is -0.377. The highest BCUT2D eigenvalue weighted by Gasteiger charge is 2.68. The van der Waals surface area contributed by atoms with Crippen LogP contribution in [0.25, 0.3) is 0 Å². The van der Waals surface area contributed by atoms with Crippen LogP contribution in [0.4, 0.5) is 0 Å². The summed E-state index contributed by atoms with van der Waals surface area (Å²) in [7, 11) is -1.85. The van der Waals surface area contributed by atoms with E-state index in [1.807, 2.05) is 0 Å². The van der Waals surface area contributed by atoms with Gasteiger partial charge in [-0.05, 0) is 112 Å². The van der Waals surface area contributed by atoms with Gasteiger partial charge in [-0.3, -0.25) is 4.79 Å². The molecule has 4 saturated carbocycles. The topological polar surface area (TPSA) is 55.8 Å². The van der Waals surface area contributed by atoms with Crippen LogP contribution in [0.2, 0.25) is 18.1 Å². The van der Waals surface area contributed by atoms with Crippen molar-refractivity contribution in [2.24, 2.45) is 34.5 Å². The number of rotatable bonds is 4. The Bertz CT molecular complexity index is 789. The van der Waals surface area contributed by atoms with Gasteiger partial charge in [0, 0.05) is 18.4 Å². The molecule has 0 aromatic heterocycles. The maximum Gasteiger partial charge on any atom is 0.302 e. The highest BCUT2D eigenvalue weighted by molar-refractivity contribution is 6.74. The van der Waals surface area contributed by atoms with E-state index in [0.29, 0.717) is 23.7 Å². The van der Waals surface area contributed by atoms with Crippen LogP contribution in [0.15, 0.2) is 0 Å². The van der Waals surface area contributed by atoms with Crippen LogP contribution in [0.1, 0.15) is 106 Å². The number of fused-ring (bicyclic) bond motifs is 5. The minimum absolute atomic E-state index is 0.0614. The maximum absolute atomic E-state index is 12.5. The Morgan fingerprint density at radius 2 is 1.68 bits per heavy atom. The molecular weight excluding hydrogens is 440 g/mol. The van der Waals surface area contributed by atoms with Crippen LogP contribution in [0.5, 0.6) is 0 Å². The molecule has 0 amide bonds. The van der Waals surface area contributed by atoms with Gasteiger partial charge in [-0.25, -0.2) is 0 Å². The van der Waals surface area contributed by atoms with Crippen LogP contribution in [-0.2, 0) is 14.0 Å². The lowest BCUT2D eigenvalue weighted by Gasteiger charge is -2.64. The van der Waals surface area contributed by atoms with E-state index < -0.39 is 13.9 Å². The van der Waals surface area contributed by atoms with Crippen molar-refractivity contribution in [3.63, 3.8) is 0 Å². The normalized spacial score (nSPS) is 45.6. The summed E-state index contributed by atoms with van der Waals surface area (Å²) < 4.78 is 12.5. The molecule has 0 aliphatic heterocycles. The summed E-state index contributed by atoms with van der Waals surface area (Å²) in [5.74, 6) is 1.87. The fraction of sp³-hybridized carbons (Fsp3) is 0.966. The lowest BCUT2D eigenvalue weighted by molar-refractivity contribution is -0.216. The number of esters is 1. The number of aliphatic hydroxyl groups is 1. The quantitative estimate of drug-likeness (QED) is 0.336. The molecule has 4 aliphatic rings. The Kier molecular flexibility index (Phi) is 6.73. The SMILES string of the molecule is CC(=O)O[C@H]1CC[C@@]2(C)[C@H](CC[C@@H]3[C@@H]2CC[C@]2(C)[C@@H]([C@@H](C)O[Si](C)(C)C(C)(C)C)CC[C@]32O)C1. The minimum Gasteiger partial charge on any atom is -0.463 e. The van der Waals surface area contributed by atoms with Gasteiger partial charge in [-0.1, -0.05) is 34.6 Å². The molecule has 4 fully saturated rings. The third kappa shape index (κ3) is 4.04. The molecule has 0 saturated heterocycles. The first-order chi connectivity index (χ1) is 15.6. The van der Waals surface area contributed by atoms with Gasteiger partial charge in [-0.2, -0.15) is 0 Å². The Labute approximate surface area is 210 Å². The van der Waals surface area contributed by atoms with E-state index in [4.69, 9.17) is 9.16 Å². The molecule has 34 heavy (non-hydrogen) atoms. The molecule has 9 atom stereocenters. The van der Waals surface area contributed by atoms with Crippen LogP contribution in [-0.4, -0.2) is 37.2 Å². The van der Waals surface area contributed by atoms with Gasteiger partial charge < -0.3 is 14.3 Å². The van der Waals surface area contributed by atoms with E-state index in [1.54, 1.807) is 0 Å². The van der Waals surface area contributed by atoms with Crippen molar-refractivity contribution < 1.29 is 19.1 Å². The Morgan fingerprint density at radius 3 is 2.29 bits per heavy atom. The van der Waals surface area contributed by atoms with Gasteiger partial charge >= 0.3 is 5.97 Å². The van der Waals surface area contributed by atoms with Crippen LogP contribution in [0.3, 0.4) is 0 Å². The minimum atomic E-state index is -1.85. The smallest absolute Gasteiger partial charge is 0.302 e. The molecule has 4 aliphatic carbocycles. The Hall–Kier alpha value is -0.393. The molecule has 4 nitrogen and oxygen atoms in total. The van der Waals surface area contributed by atoms with Crippen molar-refractivity contribution in [2.75, 3.05) is 0 Å². The van der Waals surface area contributed by atoms with Gasteiger partial charge in [0.15, 0.2) is 8.32 Å². The number of carbonyl (C=O) groups is 1. The average Bonchev–Trinajstić information content (AvgIpc) is 2.98. The largest absolute Gasteiger partial charge is 0.463 e. The highest BCUT2D eigenvalue weighted by atomic mass is 28.4. The molecule has 0 radical (unpaired) electrons. The first-order valence-electron chi connectivity index (χ1n) is 14.1. The zero-order valence-electron chi connectivity index (χ0n) is 23.5. The third-order valence-electron chi connectivity index (χ3n) is 12.1. The summed E-state index contributed by atoms with van der Waals surface area (Å²) in [6.45, 7) is 20.4. The highest BCUT2D eigenvalue weighted by Crippen LogP contribution is 2.69. The van der Waals surface area contributed by atoms with Crippen molar-refractivity contribution in [3.05, 3.63) is 0 Å². The van der Waals surface area contributed by atoms with Gasteiger partial charge in [0.1, 0.15) is 6.10 Å². The molecule has 0 unspecified atom stereocenters. The fourth-order valence-electron chi connectivity index (χ4n) is 9.05. The number of carbonyl (C=O) groups excluding carboxylic acids is 1. The molecule has 5 heteroatoms. The van der Waals surface area contributed by atoms with E-state index in [-0.39, 0.29) is 34.0 Å². The Balaban J connectivity index is 1.53. The lowest BCUT2D eigenvalue weighted by atomic mass is 9.43. The van der Waals surface area contributed by atoms with Gasteiger partial charge in [0.2, 0.25) is 0 Å². The molecule has 4 rings (SSSR count). The first-order valence-corrected chi connectivity index (χ1v) is 17.0. The van der Waals surface area contributed by atoms with Crippen molar-refractivity contribution in [2.45, 2.75) is 142 Å². The number of hydrogen-bond donors (Lipinski definition) is 1. The van der Waals surface area contributed by atoms with E-state index >= 15 is 0 Å². The van der Waals surface area contributed by atoms with Crippen molar-refractivity contribution in [1.29, 1.82) is 0 Å². The van der Waals surface area contributed by atoms with Crippen molar-refractivity contribution in [1.82, 2.24) is 0 Å². The molecule has 196 valence electrons. The van der Waals surface area contributed by atoms with Gasteiger partial charge in [0.25, 0.3) is 0 Å². The van der Waals surface area contributed by atoms with Crippen molar-refractivity contribution in [3.8, 4) is 0 Å². The van der Waals surface area contributed by atoms with E-state index in [9.17, 15) is 9.90 Å². The number of ether oxygens (including phenoxy) is 1. The third-order valence-corrected chi connectivity index (χ3v) is 16.6. The second kappa shape index (κ2) is 8.58. The molecule has 0 aromatic rings. The first kappa shape index (κ1) is 26.7. The molecule has 0 aromatic carbocycles. The second-order valence-electron chi connectivity index (χ2n) is 14.6. The zero-order valence-corrected chi connectivity index (χ0v) is 24.5. The van der Waals surface area contributed by atoms with Crippen LogP contribution in [0, 0.1) is 34.5 Å². The molecule has 0 heterocycles. The summed E-state index contributed by atoms with van der Waals surface area (Å²) in [4.78, 5) is 11.5. The average molecular weight is 493 g/mol. The maximum atomic E-state index is 12.5. The lowest BCUT2D eigenvalue weighted by Crippen LogP contribution is -2.63. The number of hydrogen-bond acceptors (Lipinski definition) is 4. The summed E-state index contributed by atoms with van der Waals surface area (Å²) in [6, 6.07) is 0.